The van der Waals surface area contributed by atoms with Crippen molar-refractivity contribution < 1.29 is 27.4 Å². The number of hydrogen-bond donors (Lipinski definition) is 1. The monoisotopic (exact) mass is 396 g/mol. The molecule has 0 heterocycles. The van der Waals surface area contributed by atoms with Gasteiger partial charge in [-0.2, -0.15) is 8.78 Å². The highest BCUT2D eigenvalue weighted by Crippen LogP contribution is 2.29. The Balaban J connectivity index is 2.00. The zero-order valence-electron chi connectivity index (χ0n) is 15.8. The van der Waals surface area contributed by atoms with E-state index in [-0.39, 0.29) is 43.0 Å². The van der Waals surface area contributed by atoms with Gasteiger partial charge in [-0.05, 0) is 49.2 Å². The number of alkyl halides is 2. The zero-order chi connectivity index (χ0) is 20.5. The first-order valence-corrected chi connectivity index (χ1v) is 8.90. The SMILES string of the molecule is CCOc1cc(CNC(=O)N(CC)Cc2cccc(F)c2)ccc1OC(F)F. The number of nitrogens with one attached hydrogen (secondary N) is 1. The van der Waals surface area contributed by atoms with Crippen molar-refractivity contribution in [3.05, 3.63) is 59.4 Å². The van der Waals surface area contributed by atoms with Gasteiger partial charge < -0.3 is 19.7 Å². The van der Waals surface area contributed by atoms with E-state index in [1.807, 2.05) is 6.92 Å². The highest BCUT2D eigenvalue weighted by molar-refractivity contribution is 5.74. The highest BCUT2D eigenvalue weighted by Gasteiger charge is 2.14. The third-order valence-corrected chi connectivity index (χ3v) is 3.90. The van der Waals surface area contributed by atoms with E-state index in [1.165, 1.54) is 23.1 Å². The Kier molecular flexibility index (Phi) is 7.98. The van der Waals surface area contributed by atoms with Crippen molar-refractivity contribution >= 4 is 6.03 Å². The van der Waals surface area contributed by atoms with Crippen LogP contribution in [0.3, 0.4) is 0 Å². The Morgan fingerprint density at radius 1 is 1.11 bits per heavy atom. The van der Waals surface area contributed by atoms with E-state index in [4.69, 9.17) is 4.74 Å². The summed E-state index contributed by atoms with van der Waals surface area (Å²) >= 11 is 0. The minimum absolute atomic E-state index is 0.0618. The maximum Gasteiger partial charge on any atom is 0.387 e. The van der Waals surface area contributed by atoms with E-state index in [0.717, 1.165) is 0 Å². The maximum atomic E-state index is 13.3. The lowest BCUT2D eigenvalue weighted by Crippen LogP contribution is -2.39. The predicted molar refractivity (Wildman–Crippen MR) is 99.0 cm³/mol. The number of nitrogens with zero attached hydrogens (tertiary/aromatic N) is 1. The van der Waals surface area contributed by atoms with Crippen LogP contribution in [0.25, 0.3) is 0 Å². The first kappa shape index (κ1) is 21.4. The first-order valence-electron chi connectivity index (χ1n) is 8.90. The minimum Gasteiger partial charge on any atom is -0.490 e. The lowest BCUT2D eigenvalue weighted by molar-refractivity contribution is -0.0514. The molecule has 28 heavy (non-hydrogen) atoms. The van der Waals surface area contributed by atoms with Crippen molar-refractivity contribution in [2.24, 2.45) is 0 Å². The molecule has 0 unspecified atom stereocenters. The molecule has 0 fully saturated rings. The molecule has 0 bridgehead atoms. The van der Waals surface area contributed by atoms with Gasteiger partial charge in [-0.25, -0.2) is 9.18 Å². The molecule has 0 spiro atoms. The van der Waals surface area contributed by atoms with Crippen molar-refractivity contribution in [2.75, 3.05) is 13.2 Å². The Hall–Kier alpha value is -2.90. The maximum absolute atomic E-state index is 13.3. The molecule has 152 valence electrons. The Morgan fingerprint density at radius 2 is 1.89 bits per heavy atom. The summed E-state index contributed by atoms with van der Waals surface area (Å²) in [5.74, 6) is -0.238. The average molecular weight is 396 g/mol. The lowest BCUT2D eigenvalue weighted by Gasteiger charge is -2.22. The third kappa shape index (κ3) is 6.37. The van der Waals surface area contributed by atoms with Crippen LogP contribution in [0.5, 0.6) is 11.5 Å². The summed E-state index contributed by atoms with van der Waals surface area (Å²) in [6.07, 6.45) is 0. The molecular weight excluding hydrogens is 373 g/mol. The minimum atomic E-state index is -2.95. The summed E-state index contributed by atoms with van der Waals surface area (Å²) in [6, 6.07) is 10.2. The summed E-state index contributed by atoms with van der Waals surface area (Å²) in [7, 11) is 0. The Labute approximate surface area is 162 Å². The van der Waals surface area contributed by atoms with Crippen LogP contribution in [0.4, 0.5) is 18.0 Å². The molecule has 0 aliphatic rings. The van der Waals surface area contributed by atoms with Crippen molar-refractivity contribution in [3.63, 3.8) is 0 Å². The quantitative estimate of drug-likeness (QED) is 0.676. The van der Waals surface area contributed by atoms with Crippen LogP contribution in [0.1, 0.15) is 25.0 Å². The second-order valence-electron chi connectivity index (χ2n) is 5.90. The summed E-state index contributed by atoms with van der Waals surface area (Å²) in [6.45, 7) is 1.76. The van der Waals surface area contributed by atoms with E-state index in [2.05, 4.69) is 10.1 Å². The molecule has 0 aliphatic carbocycles. The van der Waals surface area contributed by atoms with Crippen LogP contribution in [0.15, 0.2) is 42.5 Å². The van der Waals surface area contributed by atoms with Crippen molar-refractivity contribution in [1.82, 2.24) is 10.2 Å². The van der Waals surface area contributed by atoms with Crippen LogP contribution in [-0.2, 0) is 13.1 Å². The summed E-state index contributed by atoms with van der Waals surface area (Å²) in [5, 5.41) is 2.76. The molecule has 0 radical (unpaired) electrons. The summed E-state index contributed by atoms with van der Waals surface area (Å²) < 4.78 is 48.0. The van der Waals surface area contributed by atoms with Gasteiger partial charge in [0.05, 0.1) is 6.61 Å². The first-order chi connectivity index (χ1) is 13.4. The predicted octanol–water partition coefficient (Wildman–Crippen LogP) is 4.56. The number of ether oxygens (including phenoxy) is 2. The Morgan fingerprint density at radius 3 is 2.54 bits per heavy atom. The van der Waals surface area contributed by atoms with Gasteiger partial charge in [0.2, 0.25) is 0 Å². The molecule has 0 saturated carbocycles. The molecule has 1 N–H and O–H groups in total. The molecule has 8 heteroatoms. The van der Waals surface area contributed by atoms with E-state index in [0.29, 0.717) is 17.7 Å². The summed E-state index contributed by atoms with van der Waals surface area (Å²) in [5.41, 5.74) is 1.35. The number of urea groups is 1. The van der Waals surface area contributed by atoms with Crippen molar-refractivity contribution in [2.45, 2.75) is 33.5 Å². The number of halogens is 3. The van der Waals surface area contributed by atoms with Gasteiger partial charge in [-0.3, -0.25) is 0 Å². The summed E-state index contributed by atoms with van der Waals surface area (Å²) in [4.78, 5) is 14.0. The van der Waals surface area contributed by atoms with Crippen molar-refractivity contribution in [3.8, 4) is 11.5 Å². The fraction of sp³-hybridized carbons (Fsp3) is 0.350. The second kappa shape index (κ2) is 10.4. The van der Waals surface area contributed by atoms with Gasteiger partial charge >= 0.3 is 12.6 Å². The molecule has 0 aliphatic heterocycles. The van der Waals surface area contributed by atoms with Crippen LogP contribution >= 0.6 is 0 Å². The number of benzene rings is 2. The topological polar surface area (TPSA) is 50.8 Å². The smallest absolute Gasteiger partial charge is 0.387 e. The van der Waals surface area contributed by atoms with E-state index < -0.39 is 6.61 Å². The molecule has 0 saturated heterocycles. The molecule has 5 nitrogen and oxygen atoms in total. The van der Waals surface area contributed by atoms with Crippen LogP contribution in [-0.4, -0.2) is 30.7 Å². The zero-order valence-corrected chi connectivity index (χ0v) is 15.8. The van der Waals surface area contributed by atoms with Crippen LogP contribution < -0.4 is 14.8 Å². The molecule has 2 aromatic carbocycles. The van der Waals surface area contributed by atoms with E-state index >= 15 is 0 Å². The number of hydrogen-bond acceptors (Lipinski definition) is 3. The molecule has 2 rings (SSSR count). The number of rotatable bonds is 9. The number of carbonyl (C=O) groups is 1. The molecule has 0 aromatic heterocycles. The Bertz CT molecular complexity index is 787. The van der Waals surface area contributed by atoms with E-state index in [1.54, 1.807) is 31.2 Å². The largest absolute Gasteiger partial charge is 0.490 e. The van der Waals surface area contributed by atoms with Crippen LogP contribution in [0.2, 0.25) is 0 Å². The fourth-order valence-electron chi connectivity index (χ4n) is 2.60. The number of carbonyl (C=O) groups excluding carboxylic acids is 1. The molecule has 2 aromatic rings. The fourth-order valence-corrected chi connectivity index (χ4v) is 2.60. The highest BCUT2D eigenvalue weighted by atomic mass is 19.3. The normalized spacial score (nSPS) is 10.6. The molecule has 0 atom stereocenters. The van der Waals surface area contributed by atoms with Gasteiger partial charge in [0.1, 0.15) is 5.82 Å². The van der Waals surface area contributed by atoms with Crippen molar-refractivity contribution in [1.29, 1.82) is 0 Å². The van der Waals surface area contributed by atoms with Gasteiger partial charge in [-0.15, -0.1) is 0 Å². The van der Waals surface area contributed by atoms with Gasteiger partial charge in [-0.1, -0.05) is 18.2 Å². The third-order valence-electron chi connectivity index (χ3n) is 3.90. The average Bonchev–Trinajstić information content (AvgIpc) is 2.66. The lowest BCUT2D eigenvalue weighted by atomic mass is 10.2. The second-order valence-corrected chi connectivity index (χ2v) is 5.90. The molecular formula is C20H23F3N2O3. The van der Waals surface area contributed by atoms with Gasteiger partial charge in [0.25, 0.3) is 0 Å². The molecule has 2 amide bonds. The van der Waals surface area contributed by atoms with Gasteiger partial charge in [0, 0.05) is 19.6 Å². The standard InChI is InChI=1S/C20H23F3N2O3/c1-3-25(13-15-6-5-7-16(21)10-15)20(26)24-12-14-8-9-17(28-19(22)23)18(11-14)27-4-2/h5-11,19H,3-4,12-13H2,1-2H3,(H,24,26). The van der Waals surface area contributed by atoms with Gasteiger partial charge in [0.15, 0.2) is 11.5 Å². The number of amides is 2. The van der Waals surface area contributed by atoms with Crippen LogP contribution in [0, 0.1) is 5.82 Å². The van der Waals surface area contributed by atoms with E-state index in [9.17, 15) is 18.0 Å².